The molecule has 0 radical (unpaired) electrons. The van der Waals surface area contributed by atoms with Crippen LogP contribution in [-0.2, 0) is 9.57 Å². The Morgan fingerprint density at radius 1 is 1.26 bits per heavy atom. The number of alkyl halides is 1. The molecule has 5 heteroatoms. The van der Waals surface area contributed by atoms with Crippen molar-refractivity contribution in [3.05, 3.63) is 34.9 Å². The third-order valence-electron chi connectivity index (χ3n) is 2.59. The lowest BCUT2D eigenvalue weighted by atomic mass is 10.0. The Kier molecular flexibility index (Phi) is 4.39. The molecule has 0 aromatic heterocycles. The molecule has 0 bridgehead atoms. The molecule has 1 aromatic carbocycles. The summed E-state index contributed by atoms with van der Waals surface area (Å²) in [4.78, 5) is 5.37. The Balaban J connectivity index is 2.10. The molecule has 1 heterocycles. The van der Waals surface area contributed by atoms with Crippen LogP contribution in [0.15, 0.2) is 29.4 Å². The second-order valence-corrected chi connectivity index (χ2v) is 6.42. The van der Waals surface area contributed by atoms with E-state index in [1.807, 2.05) is 32.9 Å². The number of oxime groups is 1. The van der Waals surface area contributed by atoms with Gasteiger partial charge in [0.25, 0.3) is 0 Å². The lowest BCUT2D eigenvalue weighted by Gasteiger charge is -2.30. The average Bonchev–Trinajstić information content (AvgIpc) is 2.29. The summed E-state index contributed by atoms with van der Waals surface area (Å²) in [5.41, 5.74) is 1.35. The predicted octanol–water partition coefficient (Wildman–Crippen LogP) is 4.21. The Hall–Kier alpha value is -0.770. The molecule has 0 aliphatic carbocycles. The van der Waals surface area contributed by atoms with Crippen molar-refractivity contribution in [2.45, 2.75) is 44.5 Å². The van der Waals surface area contributed by atoms with Gasteiger partial charge >= 0.3 is 0 Å². The van der Waals surface area contributed by atoms with E-state index in [1.54, 1.807) is 12.1 Å². The van der Waals surface area contributed by atoms with Crippen molar-refractivity contribution in [1.82, 2.24) is 0 Å². The maximum Gasteiger partial charge on any atom is 0.229 e. The van der Waals surface area contributed by atoms with Gasteiger partial charge in [-0.25, -0.2) is 0 Å². The zero-order valence-electron chi connectivity index (χ0n) is 11.2. The third kappa shape index (κ3) is 4.10. The molecule has 0 fully saturated rings. The monoisotopic (exact) mass is 301 g/mol. The first-order valence-electron chi connectivity index (χ1n) is 6.17. The Labute approximate surface area is 123 Å². The minimum absolute atomic E-state index is 0.234. The summed E-state index contributed by atoms with van der Waals surface area (Å²) >= 11 is 12.2. The van der Waals surface area contributed by atoms with E-state index >= 15 is 0 Å². The zero-order valence-corrected chi connectivity index (χ0v) is 12.7. The van der Waals surface area contributed by atoms with Crippen molar-refractivity contribution in [3.63, 3.8) is 0 Å². The van der Waals surface area contributed by atoms with Crippen LogP contribution in [0.1, 0.15) is 32.8 Å². The smallest absolute Gasteiger partial charge is 0.229 e. The lowest BCUT2D eigenvalue weighted by molar-refractivity contribution is -0.200. The summed E-state index contributed by atoms with van der Waals surface area (Å²) in [6, 6.07) is 7.37. The van der Waals surface area contributed by atoms with Crippen molar-refractivity contribution in [1.29, 1.82) is 0 Å². The van der Waals surface area contributed by atoms with Gasteiger partial charge in [0.15, 0.2) is 0 Å². The maximum atomic E-state index is 6.36. The van der Waals surface area contributed by atoms with Gasteiger partial charge in [0.05, 0.1) is 11.0 Å². The van der Waals surface area contributed by atoms with Gasteiger partial charge in [-0.3, -0.25) is 0 Å². The van der Waals surface area contributed by atoms with Crippen LogP contribution in [0.25, 0.3) is 0 Å². The number of hydrogen-bond acceptors (Lipinski definition) is 3. The molecule has 0 saturated heterocycles. The second kappa shape index (κ2) is 5.70. The molecule has 19 heavy (non-hydrogen) atoms. The van der Waals surface area contributed by atoms with Gasteiger partial charge in [-0.15, -0.1) is 11.6 Å². The molecule has 0 unspecified atom stereocenters. The molecule has 1 aliphatic heterocycles. The lowest BCUT2D eigenvalue weighted by Crippen LogP contribution is -2.35. The maximum absolute atomic E-state index is 6.36. The SMILES string of the molecule is CC(C)(C)O[C@@H]1C[C@H](Cl)C(c2ccc(Cl)cc2)=NO1. The number of nitrogens with zero attached hydrogens (tertiary/aromatic N) is 1. The van der Waals surface area contributed by atoms with Gasteiger partial charge in [0.2, 0.25) is 6.29 Å². The molecule has 0 N–H and O–H groups in total. The van der Waals surface area contributed by atoms with E-state index < -0.39 is 6.29 Å². The van der Waals surface area contributed by atoms with Gasteiger partial charge in [-0.2, -0.15) is 0 Å². The van der Waals surface area contributed by atoms with Crippen molar-refractivity contribution in [2.75, 3.05) is 0 Å². The number of ether oxygens (including phenoxy) is 1. The highest BCUT2D eigenvalue weighted by Crippen LogP contribution is 2.25. The minimum Gasteiger partial charge on any atom is -0.363 e. The topological polar surface area (TPSA) is 30.8 Å². The molecule has 0 saturated carbocycles. The van der Waals surface area contributed by atoms with Crippen LogP contribution in [0.3, 0.4) is 0 Å². The summed E-state index contributed by atoms with van der Waals surface area (Å²) in [6.45, 7) is 5.91. The number of hydrogen-bond donors (Lipinski definition) is 0. The minimum atomic E-state index is -0.404. The van der Waals surface area contributed by atoms with Crippen LogP contribution in [0, 0.1) is 0 Å². The van der Waals surface area contributed by atoms with Crippen molar-refractivity contribution in [3.8, 4) is 0 Å². The van der Waals surface area contributed by atoms with Crippen LogP contribution in [0.4, 0.5) is 0 Å². The molecule has 2 rings (SSSR count). The largest absolute Gasteiger partial charge is 0.363 e. The molecule has 3 nitrogen and oxygen atoms in total. The van der Waals surface area contributed by atoms with Gasteiger partial charge in [-0.05, 0) is 32.9 Å². The van der Waals surface area contributed by atoms with Gasteiger partial charge in [0, 0.05) is 17.0 Å². The molecular weight excluding hydrogens is 285 g/mol. The Bertz CT molecular complexity index is 465. The molecular formula is C14H17Cl2NO2. The van der Waals surface area contributed by atoms with Gasteiger partial charge in [0.1, 0.15) is 5.71 Å². The second-order valence-electron chi connectivity index (χ2n) is 5.45. The summed E-state index contributed by atoms with van der Waals surface area (Å²) in [6.07, 6.45) is 0.166. The van der Waals surface area contributed by atoms with Crippen LogP contribution in [0.2, 0.25) is 5.02 Å². The molecule has 1 aromatic rings. The molecule has 0 amide bonds. The first-order chi connectivity index (χ1) is 8.85. The highest BCUT2D eigenvalue weighted by molar-refractivity contribution is 6.35. The first kappa shape index (κ1) is 14.6. The van der Waals surface area contributed by atoms with Gasteiger partial charge in [-0.1, -0.05) is 28.9 Å². The quantitative estimate of drug-likeness (QED) is 0.766. The summed E-state index contributed by atoms with van der Waals surface area (Å²) in [5.74, 6) is 0. The number of halogens is 2. The molecule has 0 spiro atoms. The number of rotatable bonds is 2. The van der Waals surface area contributed by atoms with Crippen molar-refractivity contribution in [2.24, 2.45) is 5.16 Å². The van der Waals surface area contributed by atoms with E-state index in [-0.39, 0.29) is 11.0 Å². The van der Waals surface area contributed by atoms with E-state index in [0.717, 1.165) is 5.56 Å². The van der Waals surface area contributed by atoms with Crippen molar-refractivity contribution < 1.29 is 9.57 Å². The fourth-order valence-corrected chi connectivity index (χ4v) is 2.25. The standard InChI is InChI=1S/C14H17Cl2NO2/c1-14(2,3)18-12-8-11(16)13(17-19-12)9-4-6-10(15)7-5-9/h4-7,11-12H,8H2,1-3H3/t11-,12-/m0/s1. The highest BCUT2D eigenvalue weighted by Gasteiger charge is 2.30. The normalized spacial score (nSPS) is 23.7. The summed E-state index contributed by atoms with van der Waals surface area (Å²) in [5, 5.41) is 4.54. The molecule has 104 valence electrons. The Morgan fingerprint density at radius 2 is 1.89 bits per heavy atom. The Morgan fingerprint density at radius 3 is 2.42 bits per heavy atom. The van der Waals surface area contributed by atoms with E-state index in [4.69, 9.17) is 32.8 Å². The van der Waals surface area contributed by atoms with E-state index in [2.05, 4.69) is 5.16 Å². The third-order valence-corrected chi connectivity index (χ3v) is 3.23. The van der Waals surface area contributed by atoms with E-state index in [1.165, 1.54) is 0 Å². The van der Waals surface area contributed by atoms with E-state index in [9.17, 15) is 0 Å². The fourth-order valence-electron chi connectivity index (χ4n) is 1.81. The summed E-state index contributed by atoms with van der Waals surface area (Å²) in [7, 11) is 0. The van der Waals surface area contributed by atoms with Crippen LogP contribution >= 0.6 is 23.2 Å². The van der Waals surface area contributed by atoms with Crippen molar-refractivity contribution >= 4 is 28.9 Å². The van der Waals surface area contributed by atoms with Crippen LogP contribution in [0.5, 0.6) is 0 Å². The molecule has 2 atom stereocenters. The van der Waals surface area contributed by atoms with Gasteiger partial charge < -0.3 is 9.57 Å². The zero-order chi connectivity index (χ0) is 14.0. The van der Waals surface area contributed by atoms with Crippen LogP contribution < -0.4 is 0 Å². The fraction of sp³-hybridized carbons (Fsp3) is 0.500. The highest BCUT2D eigenvalue weighted by atomic mass is 35.5. The van der Waals surface area contributed by atoms with E-state index in [0.29, 0.717) is 17.2 Å². The predicted molar refractivity (Wildman–Crippen MR) is 78.0 cm³/mol. The molecule has 1 aliphatic rings. The summed E-state index contributed by atoms with van der Waals surface area (Å²) < 4.78 is 5.72. The average molecular weight is 302 g/mol. The first-order valence-corrected chi connectivity index (χ1v) is 6.98. The number of benzene rings is 1. The van der Waals surface area contributed by atoms with Crippen LogP contribution in [-0.4, -0.2) is 23.0 Å².